The molecular formula is C11H9FN2OS. The molecule has 0 atom stereocenters. The van der Waals surface area contributed by atoms with E-state index in [-0.39, 0.29) is 11.3 Å². The molecule has 1 aromatic heterocycles. The molecular weight excluding hydrogens is 227 g/mol. The molecule has 0 saturated carbocycles. The van der Waals surface area contributed by atoms with Crippen LogP contribution in [0, 0.1) is 19.7 Å². The minimum absolute atomic E-state index is 0.108. The fraction of sp³-hybridized carbons (Fsp3) is 0.182. The summed E-state index contributed by atoms with van der Waals surface area (Å²) in [6.45, 7) is 3.51. The molecule has 82 valence electrons. The molecule has 0 aliphatic carbocycles. The molecule has 0 unspecified atom stereocenters. The summed E-state index contributed by atoms with van der Waals surface area (Å²) in [7, 11) is 0. The van der Waals surface area contributed by atoms with Crippen LogP contribution in [0.1, 0.15) is 26.4 Å². The SMILES string of the molecule is Cc1cc(C)c(C(=O)c2cnns2)c(F)c1. The Labute approximate surface area is 96.1 Å². The van der Waals surface area contributed by atoms with Crippen LogP contribution in [0.25, 0.3) is 0 Å². The van der Waals surface area contributed by atoms with Crippen molar-refractivity contribution in [2.75, 3.05) is 0 Å². The molecule has 5 heteroatoms. The van der Waals surface area contributed by atoms with Crippen molar-refractivity contribution in [3.8, 4) is 0 Å². The number of ketones is 1. The van der Waals surface area contributed by atoms with Gasteiger partial charge in [-0.2, -0.15) is 0 Å². The number of aryl methyl sites for hydroxylation is 2. The van der Waals surface area contributed by atoms with Gasteiger partial charge in [0.05, 0.1) is 11.8 Å². The van der Waals surface area contributed by atoms with Crippen LogP contribution < -0.4 is 0 Å². The highest BCUT2D eigenvalue weighted by molar-refractivity contribution is 7.08. The number of hydrogen-bond acceptors (Lipinski definition) is 4. The van der Waals surface area contributed by atoms with E-state index >= 15 is 0 Å². The topological polar surface area (TPSA) is 42.9 Å². The third-order valence-corrected chi connectivity index (χ3v) is 2.91. The van der Waals surface area contributed by atoms with Gasteiger partial charge in [-0.15, -0.1) is 5.10 Å². The molecule has 2 aromatic rings. The number of hydrogen-bond donors (Lipinski definition) is 0. The van der Waals surface area contributed by atoms with Crippen molar-refractivity contribution in [3.63, 3.8) is 0 Å². The van der Waals surface area contributed by atoms with E-state index in [1.54, 1.807) is 19.9 Å². The molecule has 0 spiro atoms. The predicted octanol–water partition coefficient (Wildman–Crippen LogP) is 2.53. The van der Waals surface area contributed by atoms with Gasteiger partial charge in [-0.1, -0.05) is 10.6 Å². The Bertz CT molecular complexity index is 514. The highest BCUT2D eigenvalue weighted by Gasteiger charge is 2.18. The Morgan fingerprint density at radius 2 is 2.12 bits per heavy atom. The standard InChI is InChI=1S/C11H9FN2OS/c1-6-3-7(2)10(8(12)4-6)11(15)9-5-13-14-16-9/h3-5H,1-2H3. The van der Waals surface area contributed by atoms with Gasteiger partial charge in [0.1, 0.15) is 10.7 Å². The summed E-state index contributed by atoms with van der Waals surface area (Å²) in [6, 6.07) is 3.14. The predicted molar refractivity (Wildman–Crippen MR) is 59.2 cm³/mol. The van der Waals surface area contributed by atoms with Crippen LogP contribution in [0.15, 0.2) is 18.3 Å². The second-order valence-electron chi connectivity index (χ2n) is 3.55. The van der Waals surface area contributed by atoms with E-state index in [1.165, 1.54) is 12.3 Å². The Morgan fingerprint density at radius 1 is 1.38 bits per heavy atom. The molecule has 1 aromatic carbocycles. The summed E-state index contributed by atoms with van der Waals surface area (Å²) in [5.41, 5.74) is 1.54. The average Bonchev–Trinajstić information content (AvgIpc) is 2.67. The van der Waals surface area contributed by atoms with Crippen LogP contribution in [-0.4, -0.2) is 15.4 Å². The molecule has 0 saturated heterocycles. The van der Waals surface area contributed by atoms with Gasteiger partial charge < -0.3 is 0 Å². The first-order valence-electron chi connectivity index (χ1n) is 4.68. The van der Waals surface area contributed by atoms with Crippen LogP contribution in [0.5, 0.6) is 0 Å². The first-order chi connectivity index (χ1) is 7.59. The fourth-order valence-electron chi connectivity index (χ4n) is 1.59. The molecule has 0 radical (unpaired) electrons. The van der Waals surface area contributed by atoms with Gasteiger partial charge in [-0.05, 0) is 42.6 Å². The summed E-state index contributed by atoms with van der Waals surface area (Å²) in [6.07, 6.45) is 1.35. The molecule has 0 aliphatic rings. The molecule has 0 fully saturated rings. The van der Waals surface area contributed by atoms with Gasteiger partial charge in [0.15, 0.2) is 0 Å². The zero-order valence-electron chi connectivity index (χ0n) is 8.82. The summed E-state index contributed by atoms with van der Waals surface area (Å²) in [5.74, 6) is -0.846. The van der Waals surface area contributed by atoms with Crippen LogP contribution in [0.2, 0.25) is 0 Å². The maximum Gasteiger partial charge on any atom is 0.209 e. The van der Waals surface area contributed by atoms with Crippen LogP contribution in [0.4, 0.5) is 4.39 Å². The number of aromatic nitrogens is 2. The lowest BCUT2D eigenvalue weighted by Crippen LogP contribution is -2.05. The number of nitrogens with zero attached hydrogens (tertiary/aromatic N) is 2. The van der Waals surface area contributed by atoms with E-state index in [1.807, 2.05) is 0 Å². The van der Waals surface area contributed by atoms with E-state index in [4.69, 9.17) is 0 Å². The van der Waals surface area contributed by atoms with Crippen LogP contribution >= 0.6 is 11.5 Å². The number of rotatable bonds is 2. The molecule has 1 heterocycles. The van der Waals surface area contributed by atoms with Gasteiger partial charge in [-0.25, -0.2) is 4.39 Å². The van der Waals surface area contributed by atoms with Crippen molar-refractivity contribution in [3.05, 3.63) is 45.7 Å². The number of carbonyl (C=O) groups is 1. The third kappa shape index (κ3) is 1.86. The Morgan fingerprint density at radius 3 is 2.69 bits per heavy atom. The van der Waals surface area contributed by atoms with E-state index in [2.05, 4.69) is 9.59 Å². The van der Waals surface area contributed by atoms with Gasteiger partial charge in [-0.3, -0.25) is 4.79 Å². The maximum atomic E-state index is 13.7. The molecule has 0 bridgehead atoms. The fourth-order valence-corrected chi connectivity index (χ4v) is 2.06. The van der Waals surface area contributed by atoms with Gasteiger partial charge in [0.2, 0.25) is 5.78 Å². The number of halogens is 1. The Hall–Kier alpha value is -1.62. The van der Waals surface area contributed by atoms with E-state index in [0.717, 1.165) is 17.1 Å². The Balaban J connectivity index is 2.53. The second kappa shape index (κ2) is 4.09. The van der Waals surface area contributed by atoms with Crippen molar-refractivity contribution >= 4 is 17.3 Å². The monoisotopic (exact) mass is 236 g/mol. The highest BCUT2D eigenvalue weighted by atomic mass is 32.1. The van der Waals surface area contributed by atoms with Crippen molar-refractivity contribution < 1.29 is 9.18 Å². The highest BCUT2D eigenvalue weighted by Crippen LogP contribution is 2.20. The zero-order valence-corrected chi connectivity index (χ0v) is 9.64. The second-order valence-corrected chi connectivity index (χ2v) is 4.34. The number of benzene rings is 1. The largest absolute Gasteiger partial charge is 0.287 e. The summed E-state index contributed by atoms with van der Waals surface area (Å²) in [5, 5.41) is 3.57. The first-order valence-corrected chi connectivity index (χ1v) is 5.45. The lowest BCUT2D eigenvalue weighted by molar-refractivity contribution is 0.103. The lowest BCUT2D eigenvalue weighted by Gasteiger charge is -2.05. The molecule has 0 aliphatic heterocycles. The van der Waals surface area contributed by atoms with Crippen molar-refractivity contribution in [1.82, 2.24) is 9.59 Å². The van der Waals surface area contributed by atoms with Gasteiger partial charge in [0, 0.05) is 0 Å². The van der Waals surface area contributed by atoms with E-state index in [0.29, 0.717) is 10.4 Å². The lowest BCUT2D eigenvalue weighted by atomic mass is 10.0. The average molecular weight is 236 g/mol. The maximum absolute atomic E-state index is 13.7. The van der Waals surface area contributed by atoms with Gasteiger partial charge >= 0.3 is 0 Å². The molecule has 3 nitrogen and oxygen atoms in total. The van der Waals surface area contributed by atoms with Crippen molar-refractivity contribution in [2.45, 2.75) is 13.8 Å². The summed E-state index contributed by atoms with van der Waals surface area (Å²) >= 11 is 0.970. The quantitative estimate of drug-likeness (QED) is 0.752. The summed E-state index contributed by atoms with van der Waals surface area (Å²) in [4.78, 5) is 12.3. The van der Waals surface area contributed by atoms with Crippen LogP contribution in [-0.2, 0) is 0 Å². The van der Waals surface area contributed by atoms with Crippen LogP contribution in [0.3, 0.4) is 0 Å². The minimum Gasteiger partial charge on any atom is -0.287 e. The minimum atomic E-state index is -0.490. The van der Waals surface area contributed by atoms with E-state index < -0.39 is 5.82 Å². The normalized spacial score (nSPS) is 10.4. The smallest absolute Gasteiger partial charge is 0.209 e. The van der Waals surface area contributed by atoms with E-state index in [9.17, 15) is 9.18 Å². The molecule has 16 heavy (non-hydrogen) atoms. The molecule has 2 rings (SSSR count). The molecule has 0 amide bonds. The first kappa shape index (κ1) is 10.9. The Kier molecular flexibility index (Phi) is 2.78. The molecule has 0 N–H and O–H groups in total. The zero-order chi connectivity index (χ0) is 11.7. The third-order valence-electron chi connectivity index (χ3n) is 2.24. The number of carbonyl (C=O) groups excluding carboxylic acids is 1. The van der Waals surface area contributed by atoms with Crippen molar-refractivity contribution in [2.24, 2.45) is 0 Å². The van der Waals surface area contributed by atoms with Gasteiger partial charge in [0.25, 0.3) is 0 Å². The summed E-state index contributed by atoms with van der Waals surface area (Å²) < 4.78 is 17.3. The van der Waals surface area contributed by atoms with Crippen molar-refractivity contribution in [1.29, 1.82) is 0 Å².